The van der Waals surface area contributed by atoms with Gasteiger partial charge in [-0.2, -0.15) is 4.98 Å². The molecule has 0 atom stereocenters. The van der Waals surface area contributed by atoms with Crippen LogP contribution in [-0.4, -0.2) is 89.7 Å². The molecule has 9 nitrogen and oxygen atoms in total. The maximum absolute atomic E-state index is 12.4. The molecule has 9 heteroatoms. The minimum atomic E-state index is 0.0484. The van der Waals surface area contributed by atoms with Crippen molar-refractivity contribution in [3.05, 3.63) is 11.5 Å². The number of anilines is 1. The Labute approximate surface area is 190 Å². The zero-order valence-corrected chi connectivity index (χ0v) is 19.6. The average molecular weight is 444 g/mol. The summed E-state index contributed by atoms with van der Waals surface area (Å²) in [6, 6.07) is 0. The van der Waals surface area contributed by atoms with Crippen LogP contribution in [0, 0.1) is 0 Å². The number of carbonyl (C=O) groups is 1. The highest BCUT2D eigenvalue weighted by Crippen LogP contribution is 2.29. The average Bonchev–Trinajstić information content (AvgIpc) is 3.26. The van der Waals surface area contributed by atoms with Gasteiger partial charge in [0.05, 0.1) is 5.69 Å². The lowest BCUT2D eigenvalue weighted by molar-refractivity contribution is -0.121. The SMILES string of the molecule is CCc1noc2nc(CCC(=O)NCCN3CCN(CC)CC3)nc(N3CCCCC3)c12. The van der Waals surface area contributed by atoms with E-state index in [1.807, 2.05) is 0 Å². The third-order valence-corrected chi connectivity index (χ3v) is 6.66. The number of piperazine rings is 1. The number of nitrogens with zero attached hydrogens (tertiary/aromatic N) is 6. The first-order valence-electron chi connectivity index (χ1n) is 12.3. The molecule has 2 aromatic heterocycles. The number of aromatic nitrogens is 3. The molecular formula is C23H37N7O2. The minimum Gasteiger partial charge on any atom is -0.356 e. The molecule has 0 saturated carbocycles. The molecule has 0 aromatic carbocycles. The normalized spacial score (nSPS) is 18.4. The van der Waals surface area contributed by atoms with Crippen molar-refractivity contribution in [3.8, 4) is 0 Å². The van der Waals surface area contributed by atoms with E-state index in [1.165, 1.54) is 19.3 Å². The smallest absolute Gasteiger partial charge is 0.263 e. The van der Waals surface area contributed by atoms with Crippen LogP contribution in [0.1, 0.15) is 51.0 Å². The Morgan fingerprint density at radius 1 is 1.00 bits per heavy atom. The zero-order chi connectivity index (χ0) is 22.3. The van der Waals surface area contributed by atoms with E-state index in [0.29, 0.717) is 30.9 Å². The number of aryl methyl sites for hydroxylation is 2. The highest BCUT2D eigenvalue weighted by Gasteiger charge is 2.22. The second-order valence-electron chi connectivity index (χ2n) is 8.80. The number of likely N-dealkylation sites (N-methyl/N-ethyl adjacent to an activating group) is 1. The van der Waals surface area contributed by atoms with E-state index in [2.05, 4.69) is 44.0 Å². The van der Waals surface area contributed by atoms with E-state index in [0.717, 1.165) is 75.7 Å². The first kappa shape index (κ1) is 22.9. The molecule has 32 heavy (non-hydrogen) atoms. The predicted octanol–water partition coefficient (Wildman–Crippen LogP) is 1.86. The van der Waals surface area contributed by atoms with Gasteiger partial charge in [-0.1, -0.05) is 19.0 Å². The number of rotatable bonds is 9. The van der Waals surface area contributed by atoms with Crippen LogP contribution < -0.4 is 10.2 Å². The number of fused-ring (bicyclic) bond motifs is 1. The summed E-state index contributed by atoms with van der Waals surface area (Å²) in [5, 5.41) is 8.20. The topological polar surface area (TPSA) is 90.6 Å². The first-order chi connectivity index (χ1) is 15.7. The summed E-state index contributed by atoms with van der Waals surface area (Å²) < 4.78 is 5.53. The van der Waals surface area contributed by atoms with Gasteiger partial charge in [-0.25, -0.2) is 4.98 Å². The van der Waals surface area contributed by atoms with Crippen molar-refractivity contribution >= 4 is 22.8 Å². The van der Waals surface area contributed by atoms with Crippen molar-refractivity contribution in [1.29, 1.82) is 0 Å². The van der Waals surface area contributed by atoms with Gasteiger partial charge in [-0.05, 0) is 32.2 Å². The van der Waals surface area contributed by atoms with Crippen molar-refractivity contribution in [2.75, 3.05) is 63.8 Å². The Balaban J connectivity index is 1.32. The molecule has 176 valence electrons. The lowest BCUT2D eigenvalue weighted by atomic mass is 10.1. The number of hydrogen-bond acceptors (Lipinski definition) is 8. The van der Waals surface area contributed by atoms with Crippen LogP contribution >= 0.6 is 0 Å². The van der Waals surface area contributed by atoms with Crippen LogP contribution in [0.15, 0.2) is 4.52 Å². The molecule has 0 spiro atoms. The lowest BCUT2D eigenvalue weighted by Gasteiger charge is -2.33. The standard InChI is InChI=1S/C23H37N7O2/c1-3-18-21-22(30-11-6-5-7-12-30)25-19(26-23(21)32-27-18)8-9-20(31)24-10-13-29-16-14-28(4-2)15-17-29/h3-17H2,1-2H3,(H,24,31). The molecule has 4 heterocycles. The Hall–Kier alpha value is -2.26. The zero-order valence-electron chi connectivity index (χ0n) is 19.6. The van der Waals surface area contributed by atoms with Gasteiger partial charge in [0, 0.05) is 65.2 Å². The van der Waals surface area contributed by atoms with Gasteiger partial charge in [-0.15, -0.1) is 0 Å². The maximum atomic E-state index is 12.4. The van der Waals surface area contributed by atoms with Crippen LogP contribution in [0.3, 0.4) is 0 Å². The molecule has 0 unspecified atom stereocenters. The van der Waals surface area contributed by atoms with Crippen molar-refractivity contribution in [2.45, 2.75) is 52.4 Å². The Bertz CT molecular complexity index is 886. The summed E-state index contributed by atoms with van der Waals surface area (Å²) in [6.45, 7) is 13.4. The third kappa shape index (κ3) is 5.56. The van der Waals surface area contributed by atoms with E-state index < -0.39 is 0 Å². The predicted molar refractivity (Wildman–Crippen MR) is 125 cm³/mol. The largest absolute Gasteiger partial charge is 0.356 e. The molecule has 2 aromatic rings. The van der Waals surface area contributed by atoms with E-state index in [-0.39, 0.29) is 5.91 Å². The molecular weight excluding hydrogens is 406 g/mol. The van der Waals surface area contributed by atoms with E-state index >= 15 is 0 Å². The van der Waals surface area contributed by atoms with Gasteiger partial charge in [0.2, 0.25) is 5.91 Å². The summed E-state index contributed by atoms with van der Waals surface area (Å²) in [6.07, 6.45) is 5.26. The van der Waals surface area contributed by atoms with Crippen LogP contribution in [0.25, 0.3) is 11.1 Å². The quantitative estimate of drug-likeness (QED) is 0.628. The van der Waals surface area contributed by atoms with Crippen LogP contribution in [0.5, 0.6) is 0 Å². The molecule has 2 fully saturated rings. The van der Waals surface area contributed by atoms with Crippen molar-refractivity contribution in [1.82, 2.24) is 30.2 Å². The number of hydrogen-bond donors (Lipinski definition) is 1. The summed E-state index contributed by atoms with van der Waals surface area (Å²) >= 11 is 0. The molecule has 2 aliphatic heterocycles. The molecule has 0 radical (unpaired) electrons. The van der Waals surface area contributed by atoms with Crippen molar-refractivity contribution in [3.63, 3.8) is 0 Å². The van der Waals surface area contributed by atoms with E-state index in [4.69, 9.17) is 9.51 Å². The summed E-state index contributed by atoms with van der Waals surface area (Å²) in [5.41, 5.74) is 1.45. The van der Waals surface area contributed by atoms with Gasteiger partial charge in [0.1, 0.15) is 17.0 Å². The molecule has 2 aliphatic rings. The van der Waals surface area contributed by atoms with Crippen molar-refractivity contribution in [2.24, 2.45) is 0 Å². The fraction of sp³-hybridized carbons (Fsp3) is 0.739. The van der Waals surface area contributed by atoms with E-state index in [9.17, 15) is 4.79 Å². The molecule has 4 rings (SSSR count). The number of nitrogens with one attached hydrogen (secondary N) is 1. The lowest BCUT2D eigenvalue weighted by Crippen LogP contribution is -2.48. The molecule has 1 N–H and O–H groups in total. The summed E-state index contributed by atoms with van der Waals surface area (Å²) in [7, 11) is 0. The summed E-state index contributed by atoms with van der Waals surface area (Å²) in [4.78, 5) is 29.1. The number of amides is 1. The monoisotopic (exact) mass is 443 g/mol. The highest BCUT2D eigenvalue weighted by atomic mass is 16.5. The fourth-order valence-electron chi connectivity index (χ4n) is 4.62. The molecule has 0 bridgehead atoms. The second-order valence-corrected chi connectivity index (χ2v) is 8.80. The van der Waals surface area contributed by atoms with Gasteiger partial charge in [0.15, 0.2) is 0 Å². The molecule has 0 aliphatic carbocycles. The third-order valence-electron chi connectivity index (χ3n) is 6.66. The number of carbonyl (C=O) groups excluding carboxylic acids is 1. The molecule has 1 amide bonds. The first-order valence-corrected chi connectivity index (χ1v) is 12.3. The van der Waals surface area contributed by atoms with Gasteiger partial charge in [-0.3, -0.25) is 9.69 Å². The fourth-order valence-corrected chi connectivity index (χ4v) is 4.62. The van der Waals surface area contributed by atoms with Crippen LogP contribution in [0.4, 0.5) is 5.82 Å². The Morgan fingerprint density at radius 3 is 2.47 bits per heavy atom. The Morgan fingerprint density at radius 2 is 1.75 bits per heavy atom. The Kier molecular flexibility index (Phi) is 7.91. The van der Waals surface area contributed by atoms with Crippen LogP contribution in [0.2, 0.25) is 0 Å². The number of piperidine rings is 1. The maximum Gasteiger partial charge on any atom is 0.263 e. The molecule has 2 saturated heterocycles. The van der Waals surface area contributed by atoms with Gasteiger partial charge < -0.3 is 19.6 Å². The summed E-state index contributed by atoms with van der Waals surface area (Å²) in [5.74, 6) is 1.63. The van der Waals surface area contributed by atoms with Crippen molar-refractivity contribution < 1.29 is 9.32 Å². The van der Waals surface area contributed by atoms with E-state index in [1.54, 1.807) is 0 Å². The van der Waals surface area contributed by atoms with Gasteiger partial charge in [0.25, 0.3) is 5.71 Å². The van der Waals surface area contributed by atoms with Crippen LogP contribution in [-0.2, 0) is 17.6 Å². The van der Waals surface area contributed by atoms with Gasteiger partial charge >= 0.3 is 0 Å². The highest BCUT2D eigenvalue weighted by molar-refractivity contribution is 5.88. The second kappa shape index (κ2) is 11.0. The minimum absolute atomic E-state index is 0.0484.